The number of unbranched alkanes of at least 4 members (excludes halogenated alkanes) is 49. The number of aliphatic hydroxyl groups excluding tert-OH is 1. The molecule has 596 valence electrons. The van der Waals surface area contributed by atoms with Crippen molar-refractivity contribution in [2.24, 2.45) is 5.92 Å². The molecule has 0 rings (SSSR count). The molecule has 0 saturated heterocycles. The van der Waals surface area contributed by atoms with Crippen LogP contribution in [0.2, 0.25) is 0 Å². The van der Waals surface area contributed by atoms with Crippen LogP contribution in [0.4, 0.5) is 0 Å². The van der Waals surface area contributed by atoms with E-state index in [1.54, 1.807) is 0 Å². The van der Waals surface area contributed by atoms with Crippen molar-refractivity contribution in [2.75, 3.05) is 39.6 Å². The van der Waals surface area contributed by atoms with Crippen LogP contribution < -0.4 is 0 Å². The molecule has 3 N–H and O–H groups in total. The Morgan fingerprint density at radius 2 is 0.535 bits per heavy atom. The number of phosphoric ester groups is 2. The summed E-state index contributed by atoms with van der Waals surface area (Å²) in [5, 5.41) is 10.6. The summed E-state index contributed by atoms with van der Waals surface area (Å²) in [5.74, 6) is -1.34. The average molecular weight is 1480 g/mol. The lowest BCUT2D eigenvalue weighted by Crippen LogP contribution is -2.30. The maximum atomic E-state index is 13.1. The van der Waals surface area contributed by atoms with Crippen molar-refractivity contribution in [3.8, 4) is 0 Å². The zero-order chi connectivity index (χ0) is 74.1. The van der Waals surface area contributed by atoms with Gasteiger partial charge in [0.1, 0.15) is 19.3 Å². The Morgan fingerprint density at radius 3 is 0.812 bits per heavy atom. The molecule has 101 heavy (non-hydrogen) atoms. The summed E-state index contributed by atoms with van der Waals surface area (Å²) in [6.45, 7) is 7.29. The molecule has 0 amide bonds. The summed E-state index contributed by atoms with van der Waals surface area (Å²) in [5.41, 5.74) is 0. The van der Waals surface area contributed by atoms with Gasteiger partial charge in [0.25, 0.3) is 0 Å². The monoisotopic (exact) mass is 1480 g/mol. The van der Waals surface area contributed by atoms with Crippen molar-refractivity contribution < 1.29 is 80.2 Å². The van der Waals surface area contributed by atoms with E-state index in [1.165, 1.54) is 225 Å². The van der Waals surface area contributed by atoms with Crippen LogP contribution in [0.15, 0.2) is 24.3 Å². The van der Waals surface area contributed by atoms with Gasteiger partial charge in [-0.3, -0.25) is 37.3 Å². The lowest BCUT2D eigenvalue weighted by Gasteiger charge is -2.21. The Balaban J connectivity index is 5.28. The number of allylic oxidation sites excluding steroid dienone is 4. The number of phosphoric acid groups is 2. The van der Waals surface area contributed by atoms with Gasteiger partial charge in [0, 0.05) is 25.7 Å². The minimum atomic E-state index is -4.97. The maximum absolute atomic E-state index is 13.1. The molecule has 0 bridgehead atoms. The number of hydrogen-bond donors (Lipinski definition) is 3. The van der Waals surface area contributed by atoms with Gasteiger partial charge in [-0.15, -0.1) is 0 Å². The number of aliphatic hydroxyl groups is 1. The quantitative estimate of drug-likeness (QED) is 0.0169. The molecule has 0 fully saturated rings. The largest absolute Gasteiger partial charge is 0.472 e. The van der Waals surface area contributed by atoms with E-state index >= 15 is 0 Å². The van der Waals surface area contributed by atoms with Gasteiger partial charge in [0.2, 0.25) is 0 Å². The molecule has 0 aliphatic heterocycles. The summed E-state index contributed by atoms with van der Waals surface area (Å²) < 4.78 is 68.7. The predicted molar refractivity (Wildman–Crippen MR) is 414 cm³/mol. The Hall–Kier alpha value is -2.46. The smallest absolute Gasteiger partial charge is 0.462 e. The zero-order valence-corrected chi connectivity index (χ0v) is 67.3. The normalized spacial score (nSPS) is 14.0. The highest BCUT2D eigenvalue weighted by atomic mass is 31.2. The maximum Gasteiger partial charge on any atom is 0.472 e. The first-order valence-corrected chi connectivity index (χ1v) is 44.9. The second kappa shape index (κ2) is 74.4. The van der Waals surface area contributed by atoms with Crippen LogP contribution >= 0.6 is 15.6 Å². The highest BCUT2D eigenvalue weighted by molar-refractivity contribution is 7.47. The van der Waals surface area contributed by atoms with Gasteiger partial charge in [-0.1, -0.05) is 361 Å². The molecule has 0 radical (unpaired) electrons. The number of ether oxygens (including phenoxy) is 4. The van der Waals surface area contributed by atoms with E-state index in [-0.39, 0.29) is 25.7 Å². The van der Waals surface area contributed by atoms with Gasteiger partial charge < -0.3 is 33.8 Å². The van der Waals surface area contributed by atoms with E-state index in [1.807, 2.05) is 0 Å². The van der Waals surface area contributed by atoms with E-state index in [9.17, 15) is 43.2 Å². The number of rotatable bonds is 80. The van der Waals surface area contributed by atoms with Crippen molar-refractivity contribution >= 4 is 39.5 Å². The molecule has 19 heteroatoms. The fraction of sp³-hybridized carbons (Fsp3) is 0.902. The van der Waals surface area contributed by atoms with Gasteiger partial charge in [-0.2, -0.15) is 0 Å². The third kappa shape index (κ3) is 75.6. The van der Waals surface area contributed by atoms with Crippen LogP contribution in [0.1, 0.15) is 413 Å². The topological polar surface area (TPSA) is 237 Å². The van der Waals surface area contributed by atoms with Gasteiger partial charge in [-0.05, 0) is 57.3 Å². The molecule has 0 spiro atoms. The summed E-state index contributed by atoms with van der Waals surface area (Å²) >= 11 is 0. The van der Waals surface area contributed by atoms with Gasteiger partial charge in [0.05, 0.1) is 26.4 Å². The highest BCUT2D eigenvalue weighted by Gasteiger charge is 2.30. The first-order valence-electron chi connectivity index (χ1n) is 42.0. The van der Waals surface area contributed by atoms with Crippen LogP contribution in [0.5, 0.6) is 0 Å². The first-order chi connectivity index (χ1) is 49.0. The third-order valence-electron chi connectivity index (χ3n) is 18.7. The number of esters is 4. The second-order valence-corrected chi connectivity index (χ2v) is 32.2. The molecule has 0 saturated carbocycles. The van der Waals surface area contributed by atoms with Crippen LogP contribution in [-0.4, -0.2) is 96.7 Å². The second-order valence-electron chi connectivity index (χ2n) is 29.3. The van der Waals surface area contributed by atoms with E-state index < -0.39 is 97.5 Å². The summed E-state index contributed by atoms with van der Waals surface area (Å²) in [4.78, 5) is 73.0. The lowest BCUT2D eigenvalue weighted by molar-refractivity contribution is -0.161. The molecule has 0 heterocycles. The SMILES string of the molecule is CCCCCC/C=C\C=C/CCCCCCCC(=O)O[C@H](COC(=O)CCCCCCCCCCCCC)COP(=O)(O)OC[C@H](O)COP(=O)(O)OC[C@@H](COC(=O)CCCCCCCCCCCCCCCCC(C)C)OC(=O)CCCCCCCCCCCCCCCCCCCC. The van der Waals surface area contributed by atoms with E-state index in [0.717, 1.165) is 109 Å². The Bertz CT molecular complexity index is 2020. The Labute approximate surface area is 618 Å². The number of carbonyl (C=O) groups is 4. The fourth-order valence-corrected chi connectivity index (χ4v) is 13.8. The molecule has 5 atom stereocenters. The van der Waals surface area contributed by atoms with Crippen molar-refractivity contribution in [1.82, 2.24) is 0 Å². The van der Waals surface area contributed by atoms with Crippen LogP contribution in [-0.2, 0) is 65.4 Å². The number of hydrogen-bond acceptors (Lipinski definition) is 15. The van der Waals surface area contributed by atoms with Crippen LogP contribution in [0, 0.1) is 5.92 Å². The molecular formula is C82H156O17P2. The minimum absolute atomic E-state index is 0.0857. The Kier molecular flexibility index (Phi) is 72.6. The molecule has 2 unspecified atom stereocenters. The van der Waals surface area contributed by atoms with Gasteiger partial charge in [0.15, 0.2) is 12.2 Å². The molecule has 0 aromatic rings. The van der Waals surface area contributed by atoms with Crippen molar-refractivity contribution in [1.29, 1.82) is 0 Å². The van der Waals surface area contributed by atoms with Gasteiger partial charge in [-0.25, -0.2) is 9.13 Å². The molecule has 0 aliphatic rings. The first kappa shape index (κ1) is 98.5. The van der Waals surface area contributed by atoms with E-state index in [2.05, 4.69) is 58.9 Å². The Morgan fingerprint density at radius 1 is 0.307 bits per heavy atom. The molecule has 0 aromatic carbocycles. The predicted octanol–water partition coefficient (Wildman–Crippen LogP) is 24.4. The zero-order valence-electron chi connectivity index (χ0n) is 65.5. The standard InChI is InChI=1S/C82H156O17P2/c1-6-9-12-15-18-21-24-26-28-29-30-32-38-43-48-53-58-63-68-82(87)99-78(72-93-80(85)66-61-56-51-46-41-36-34-33-35-40-44-49-54-59-64-75(4)5)74-97-101(90,91)95-70-76(83)69-94-100(88,89)96-73-77(71-92-79(84)65-60-55-50-45-39-23-20-17-14-11-8-3)98-81(86)67-62-57-52-47-42-37-31-27-25-22-19-16-13-10-7-2/h22,25,27,31,75-78,83H,6-21,23-24,26,28-30,32-74H2,1-5H3,(H,88,89)(H,90,91)/b25-22-,31-27-/t76-,77+,78+/m0/s1. The van der Waals surface area contributed by atoms with Crippen molar-refractivity contribution in [3.05, 3.63) is 24.3 Å². The third-order valence-corrected chi connectivity index (χ3v) is 20.6. The van der Waals surface area contributed by atoms with Crippen molar-refractivity contribution in [2.45, 2.75) is 432 Å². The van der Waals surface area contributed by atoms with E-state index in [4.69, 9.17) is 37.0 Å². The summed E-state index contributed by atoms with van der Waals surface area (Å²) in [6, 6.07) is 0. The van der Waals surface area contributed by atoms with Crippen LogP contribution in [0.3, 0.4) is 0 Å². The molecule has 17 nitrogen and oxygen atoms in total. The minimum Gasteiger partial charge on any atom is -0.462 e. The van der Waals surface area contributed by atoms with Crippen LogP contribution in [0.25, 0.3) is 0 Å². The van der Waals surface area contributed by atoms with Crippen molar-refractivity contribution in [3.63, 3.8) is 0 Å². The molecule has 0 aromatic heterocycles. The molecule has 0 aliphatic carbocycles. The molecular weight excluding hydrogens is 1320 g/mol. The summed E-state index contributed by atoms with van der Waals surface area (Å²) in [7, 11) is -9.93. The van der Waals surface area contributed by atoms with Gasteiger partial charge >= 0.3 is 39.5 Å². The average Bonchev–Trinajstić information content (AvgIpc) is 0.935. The number of carbonyl (C=O) groups excluding carboxylic acids is 4. The fourth-order valence-electron chi connectivity index (χ4n) is 12.2. The summed E-state index contributed by atoms with van der Waals surface area (Å²) in [6.07, 6.45) is 68.7. The lowest BCUT2D eigenvalue weighted by atomic mass is 10.0. The van der Waals surface area contributed by atoms with E-state index in [0.29, 0.717) is 25.7 Å². The highest BCUT2D eigenvalue weighted by Crippen LogP contribution is 2.45.